The van der Waals surface area contributed by atoms with Gasteiger partial charge in [0.15, 0.2) is 3.92 Å². The van der Waals surface area contributed by atoms with Crippen molar-refractivity contribution in [2.45, 2.75) is 0 Å². The third-order valence-electron chi connectivity index (χ3n) is 0.300. The number of halogens is 1. The minimum atomic E-state index is 0.780. The SMILES string of the molecule is Brc1n[c]ns1. The summed E-state index contributed by atoms with van der Waals surface area (Å²) >= 11 is 4.37. The lowest BCUT2D eigenvalue weighted by Gasteiger charge is -1.58. The fraction of sp³-hybridized carbons (Fsp3) is 0. The maximum Gasteiger partial charge on any atom is 0.212 e. The molecule has 31 valence electrons. The minimum absolute atomic E-state index is 0.780. The van der Waals surface area contributed by atoms with Crippen LogP contribution in [0.4, 0.5) is 0 Å². The summed E-state index contributed by atoms with van der Waals surface area (Å²) in [4.78, 5) is 3.62. The van der Waals surface area contributed by atoms with Gasteiger partial charge in [0.2, 0.25) is 6.33 Å². The molecule has 0 saturated heterocycles. The average Bonchev–Trinajstić information content (AvgIpc) is 1.86. The first-order chi connectivity index (χ1) is 2.89. The van der Waals surface area contributed by atoms with E-state index < -0.39 is 0 Å². The molecule has 1 rings (SSSR count). The van der Waals surface area contributed by atoms with Crippen molar-refractivity contribution in [1.29, 1.82) is 0 Å². The van der Waals surface area contributed by atoms with E-state index in [0.717, 1.165) is 3.92 Å². The first kappa shape index (κ1) is 4.21. The smallest absolute Gasteiger partial charge is 0.205 e. The van der Waals surface area contributed by atoms with Gasteiger partial charge in [0.1, 0.15) is 0 Å². The lowest BCUT2D eigenvalue weighted by molar-refractivity contribution is 1.28. The Morgan fingerprint density at radius 3 is 2.83 bits per heavy atom. The van der Waals surface area contributed by atoms with Crippen molar-refractivity contribution in [3.05, 3.63) is 10.2 Å². The standard InChI is InChI=1S/C2BrN2S/c3-2-4-1-5-6-2. The Hall–Kier alpha value is 0.0400. The monoisotopic (exact) mass is 163 g/mol. The topological polar surface area (TPSA) is 25.8 Å². The first-order valence-corrected chi connectivity index (χ1v) is 2.81. The van der Waals surface area contributed by atoms with Crippen molar-refractivity contribution in [3.63, 3.8) is 0 Å². The molecule has 0 aromatic carbocycles. The van der Waals surface area contributed by atoms with Crippen LogP contribution in [0.2, 0.25) is 0 Å². The highest BCUT2D eigenvalue weighted by atomic mass is 79.9. The lowest BCUT2D eigenvalue weighted by Crippen LogP contribution is -1.50. The molecule has 0 bridgehead atoms. The van der Waals surface area contributed by atoms with Crippen molar-refractivity contribution in [2.75, 3.05) is 0 Å². The van der Waals surface area contributed by atoms with E-state index in [9.17, 15) is 0 Å². The normalized spacial score (nSPS) is 8.83. The maximum atomic E-state index is 3.62. The summed E-state index contributed by atoms with van der Waals surface area (Å²) in [6.07, 6.45) is 2.40. The predicted molar refractivity (Wildman–Crippen MR) is 26.4 cm³/mol. The molecule has 0 aliphatic heterocycles. The first-order valence-electron chi connectivity index (χ1n) is 1.25. The fourth-order valence-electron chi connectivity index (χ4n) is 0.138. The van der Waals surface area contributed by atoms with Gasteiger partial charge in [-0.05, 0) is 27.5 Å². The van der Waals surface area contributed by atoms with Crippen LogP contribution in [0, 0.1) is 6.33 Å². The van der Waals surface area contributed by atoms with Crippen LogP contribution < -0.4 is 0 Å². The van der Waals surface area contributed by atoms with Gasteiger partial charge in [-0.15, -0.1) is 0 Å². The highest BCUT2D eigenvalue weighted by Crippen LogP contribution is 2.06. The highest BCUT2D eigenvalue weighted by molar-refractivity contribution is 9.11. The molecule has 0 saturated carbocycles. The van der Waals surface area contributed by atoms with E-state index in [1.165, 1.54) is 11.5 Å². The molecule has 0 fully saturated rings. The zero-order valence-corrected chi connectivity index (χ0v) is 5.08. The molecule has 6 heavy (non-hydrogen) atoms. The molecule has 2 nitrogen and oxygen atoms in total. The van der Waals surface area contributed by atoms with Gasteiger partial charge < -0.3 is 0 Å². The molecule has 1 aromatic rings. The Morgan fingerprint density at radius 1 is 1.83 bits per heavy atom. The van der Waals surface area contributed by atoms with Gasteiger partial charge in [-0.3, -0.25) is 0 Å². The summed E-state index contributed by atoms with van der Waals surface area (Å²) in [5, 5.41) is 0. The number of hydrogen-bond donors (Lipinski definition) is 0. The van der Waals surface area contributed by atoms with Crippen LogP contribution in [0.3, 0.4) is 0 Å². The molecule has 4 heteroatoms. The molecule has 0 spiro atoms. The minimum Gasteiger partial charge on any atom is -0.205 e. The quantitative estimate of drug-likeness (QED) is 0.573. The molecular weight excluding hydrogens is 164 g/mol. The van der Waals surface area contributed by atoms with E-state index in [1.54, 1.807) is 0 Å². The van der Waals surface area contributed by atoms with E-state index in [2.05, 4.69) is 31.6 Å². The van der Waals surface area contributed by atoms with Gasteiger partial charge >= 0.3 is 0 Å². The number of hydrogen-bond acceptors (Lipinski definition) is 3. The van der Waals surface area contributed by atoms with Crippen LogP contribution in [-0.4, -0.2) is 9.36 Å². The van der Waals surface area contributed by atoms with Crippen LogP contribution in [0.1, 0.15) is 0 Å². The Bertz CT molecular complexity index is 115. The van der Waals surface area contributed by atoms with Crippen LogP contribution >= 0.6 is 27.5 Å². The van der Waals surface area contributed by atoms with Crippen molar-refractivity contribution in [2.24, 2.45) is 0 Å². The molecule has 1 heterocycles. The van der Waals surface area contributed by atoms with Gasteiger partial charge in [0.25, 0.3) is 0 Å². The van der Waals surface area contributed by atoms with Crippen LogP contribution in [0.15, 0.2) is 3.92 Å². The summed E-state index contributed by atoms with van der Waals surface area (Å²) in [6.45, 7) is 0. The van der Waals surface area contributed by atoms with Crippen molar-refractivity contribution >= 4 is 27.5 Å². The van der Waals surface area contributed by atoms with E-state index in [0.29, 0.717) is 0 Å². The number of rotatable bonds is 0. The Kier molecular flexibility index (Phi) is 1.16. The largest absolute Gasteiger partial charge is 0.212 e. The summed E-state index contributed by atoms with van der Waals surface area (Å²) in [5.74, 6) is 0. The summed E-state index contributed by atoms with van der Waals surface area (Å²) in [5.41, 5.74) is 0. The molecule has 0 N–H and O–H groups in total. The lowest BCUT2D eigenvalue weighted by atomic mass is 11.3. The van der Waals surface area contributed by atoms with Gasteiger partial charge in [-0.1, -0.05) is 0 Å². The van der Waals surface area contributed by atoms with Crippen LogP contribution in [0.25, 0.3) is 0 Å². The molecule has 0 unspecified atom stereocenters. The zero-order chi connectivity index (χ0) is 4.41. The molecule has 1 radical (unpaired) electrons. The van der Waals surface area contributed by atoms with E-state index >= 15 is 0 Å². The highest BCUT2D eigenvalue weighted by Gasteiger charge is 1.82. The molecule has 1 aromatic heterocycles. The number of nitrogens with zero attached hydrogens (tertiary/aromatic N) is 2. The predicted octanol–water partition coefficient (Wildman–Crippen LogP) is 1.10. The van der Waals surface area contributed by atoms with Crippen molar-refractivity contribution in [3.8, 4) is 0 Å². The summed E-state index contributed by atoms with van der Waals surface area (Å²) in [6, 6.07) is 0. The van der Waals surface area contributed by atoms with E-state index in [1.807, 2.05) is 0 Å². The van der Waals surface area contributed by atoms with Gasteiger partial charge in [-0.25, -0.2) is 4.98 Å². The fourth-order valence-corrected chi connectivity index (χ4v) is 0.673. The Labute approximate surface area is 47.5 Å². The van der Waals surface area contributed by atoms with E-state index in [-0.39, 0.29) is 0 Å². The van der Waals surface area contributed by atoms with Gasteiger partial charge in [-0.2, -0.15) is 4.37 Å². The van der Waals surface area contributed by atoms with Crippen molar-refractivity contribution in [1.82, 2.24) is 9.36 Å². The molecule has 0 amide bonds. The third kappa shape index (κ3) is 0.753. The summed E-state index contributed by atoms with van der Waals surface area (Å²) in [7, 11) is 0. The Morgan fingerprint density at radius 2 is 2.67 bits per heavy atom. The van der Waals surface area contributed by atoms with Gasteiger partial charge in [0.05, 0.1) is 0 Å². The second-order valence-electron chi connectivity index (χ2n) is 0.647. The zero-order valence-electron chi connectivity index (χ0n) is 2.68. The third-order valence-corrected chi connectivity index (χ3v) is 1.33. The van der Waals surface area contributed by atoms with Gasteiger partial charge in [0, 0.05) is 0 Å². The summed E-state index contributed by atoms with van der Waals surface area (Å²) < 4.78 is 4.36. The van der Waals surface area contributed by atoms with Crippen LogP contribution in [-0.2, 0) is 0 Å². The van der Waals surface area contributed by atoms with E-state index in [4.69, 9.17) is 0 Å². The second kappa shape index (κ2) is 1.66. The maximum absolute atomic E-state index is 3.62. The van der Waals surface area contributed by atoms with Crippen molar-refractivity contribution < 1.29 is 0 Å². The second-order valence-corrected chi connectivity index (χ2v) is 2.68. The Balaban J connectivity index is 3.05. The molecule has 0 atom stereocenters. The average molecular weight is 164 g/mol. The van der Waals surface area contributed by atoms with Crippen LogP contribution in [0.5, 0.6) is 0 Å². The molecular formula is C2BrN2S. The molecule has 0 aliphatic carbocycles. The molecule has 0 aliphatic rings. The number of aromatic nitrogens is 2.